The fraction of sp³-hybridized carbons (Fsp3) is 0.923. The molecule has 0 bridgehead atoms. The van der Waals surface area contributed by atoms with Crippen LogP contribution in [0.3, 0.4) is 0 Å². The Kier molecular flexibility index (Phi) is 7.82. The van der Waals surface area contributed by atoms with Crippen LogP contribution in [0.2, 0.25) is 0 Å². The number of hydrogen-bond donors (Lipinski definition) is 0. The lowest BCUT2D eigenvalue weighted by atomic mass is 9.80. The van der Waals surface area contributed by atoms with Crippen LogP contribution in [0, 0.1) is 5.92 Å². The van der Waals surface area contributed by atoms with Gasteiger partial charge in [0.2, 0.25) is 0 Å². The number of halogens is 14. The molecule has 0 saturated heterocycles. The van der Waals surface area contributed by atoms with Crippen LogP contribution in [0.4, 0.5) is 61.5 Å². The lowest BCUT2D eigenvalue weighted by Gasteiger charge is -2.37. The SMILES string of the molecule is O=CCCCC(CC(F)(C(F)(F)F)C(F)(F)F)CC(F)(C(F)(F)F)C(F)(F)F. The highest BCUT2D eigenvalue weighted by Gasteiger charge is 2.75. The summed E-state index contributed by atoms with van der Waals surface area (Å²) < 4.78 is 178. The van der Waals surface area contributed by atoms with Crippen molar-refractivity contribution in [3.05, 3.63) is 0 Å². The largest absolute Gasteiger partial charge is 0.431 e. The van der Waals surface area contributed by atoms with Gasteiger partial charge in [-0.1, -0.05) is 0 Å². The minimum Gasteiger partial charge on any atom is -0.303 e. The Morgan fingerprint density at radius 1 is 0.571 bits per heavy atom. The first-order valence-electron chi connectivity index (χ1n) is 7.22. The first kappa shape index (κ1) is 26.7. The number of carbonyl (C=O) groups excluding carboxylic acids is 1. The monoisotopic (exact) mass is 450 g/mol. The zero-order valence-corrected chi connectivity index (χ0v) is 13.4. The molecule has 0 atom stereocenters. The van der Waals surface area contributed by atoms with Crippen molar-refractivity contribution in [1.82, 2.24) is 0 Å². The highest BCUT2D eigenvalue weighted by atomic mass is 19.4. The molecule has 0 spiro atoms. The number of aldehydes is 1. The van der Waals surface area contributed by atoms with Crippen molar-refractivity contribution in [2.45, 2.75) is 68.1 Å². The Morgan fingerprint density at radius 3 is 1.07 bits per heavy atom. The maximum Gasteiger partial charge on any atom is 0.431 e. The second kappa shape index (κ2) is 8.20. The summed E-state index contributed by atoms with van der Waals surface area (Å²) in [5.41, 5.74) is -12.4. The predicted octanol–water partition coefficient (Wildman–Crippen LogP) is 6.42. The van der Waals surface area contributed by atoms with E-state index >= 15 is 0 Å². The quantitative estimate of drug-likeness (QED) is 0.237. The summed E-state index contributed by atoms with van der Waals surface area (Å²) in [6.07, 6.45) is -35.6. The molecule has 0 rings (SSSR count). The zero-order chi connectivity index (χ0) is 22.8. The van der Waals surface area contributed by atoms with Gasteiger partial charge < -0.3 is 4.79 Å². The smallest absolute Gasteiger partial charge is 0.303 e. The van der Waals surface area contributed by atoms with Crippen molar-refractivity contribution < 1.29 is 66.3 Å². The third kappa shape index (κ3) is 5.61. The lowest BCUT2D eigenvalue weighted by Crippen LogP contribution is -2.57. The normalized spacial score (nSPS) is 15.2. The summed E-state index contributed by atoms with van der Waals surface area (Å²) in [5.74, 6) is -3.00. The minimum atomic E-state index is -6.75. The molecular formula is C13H12F14O. The summed E-state index contributed by atoms with van der Waals surface area (Å²) in [4.78, 5) is 10.1. The molecule has 0 amide bonds. The molecule has 0 aromatic rings. The summed E-state index contributed by atoms with van der Waals surface area (Å²) in [6.45, 7) is 0. The fourth-order valence-corrected chi connectivity index (χ4v) is 2.35. The van der Waals surface area contributed by atoms with Crippen molar-refractivity contribution in [3.8, 4) is 0 Å². The average Bonchev–Trinajstić information content (AvgIpc) is 2.42. The van der Waals surface area contributed by atoms with Gasteiger partial charge in [-0.05, 0) is 18.8 Å². The average molecular weight is 450 g/mol. The number of unbranched alkanes of at least 4 members (excludes halogenated alkanes) is 1. The van der Waals surface area contributed by atoms with Crippen molar-refractivity contribution >= 4 is 6.29 Å². The van der Waals surface area contributed by atoms with E-state index in [9.17, 15) is 66.3 Å². The van der Waals surface area contributed by atoms with E-state index in [4.69, 9.17) is 0 Å². The Bertz CT molecular complexity index is 443. The van der Waals surface area contributed by atoms with E-state index in [2.05, 4.69) is 0 Å². The van der Waals surface area contributed by atoms with E-state index in [-0.39, 0.29) is 6.29 Å². The van der Waals surface area contributed by atoms with E-state index in [1.807, 2.05) is 0 Å². The van der Waals surface area contributed by atoms with Crippen LogP contribution < -0.4 is 0 Å². The van der Waals surface area contributed by atoms with Crippen LogP contribution in [-0.2, 0) is 4.79 Å². The van der Waals surface area contributed by atoms with Crippen LogP contribution >= 0.6 is 0 Å². The Morgan fingerprint density at radius 2 is 0.857 bits per heavy atom. The van der Waals surface area contributed by atoms with E-state index in [1.165, 1.54) is 0 Å². The minimum absolute atomic E-state index is 0.0173. The van der Waals surface area contributed by atoms with E-state index < -0.39 is 74.1 Å². The highest BCUT2D eigenvalue weighted by molar-refractivity contribution is 5.48. The van der Waals surface area contributed by atoms with Gasteiger partial charge in [-0.2, -0.15) is 52.7 Å². The summed E-state index contributed by atoms with van der Waals surface area (Å²) in [6, 6.07) is 0. The molecule has 28 heavy (non-hydrogen) atoms. The van der Waals surface area contributed by atoms with Crippen LogP contribution in [0.25, 0.3) is 0 Å². The van der Waals surface area contributed by atoms with E-state index in [0.717, 1.165) is 0 Å². The van der Waals surface area contributed by atoms with Gasteiger partial charge in [0.15, 0.2) is 0 Å². The number of alkyl halides is 14. The molecule has 0 aliphatic rings. The molecule has 0 radical (unpaired) electrons. The first-order valence-corrected chi connectivity index (χ1v) is 7.22. The van der Waals surface area contributed by atoms with Crippen molar-refractivity contribution in [3.63, 3.8) is 0 Å². The Hall–Kier alpha value is -1.31. The molecule has 0 heterocycles. The highest BCUT2D eigenvalue weighted by Crippen LogP contribution is 2.54. The number of carbonyl (C=O) groups is 1. The van der Waals surface area contributed by atoms with Gasteiger partial charge in [-0.3, -0.25) is 0 Å². The topological polar surface area (TPSA) is 17.1 Å². The number of hydrogen-bond acceptors (Lipinski definition) is 1. The third-order valence-corrected chi connectivity index (χ3v) is 3.87. The van der Waals surface area contributed by atoms with Gasteiger partial charge >= 0.3 is 24.7 Å². The molecule has 0 aliphatic carbocycles. The lowest BCUT2D eigenvalue weighted by molar-refractivity contribution is -0.356. The van der Waals surface area contributed by atoms with Crippen molar-refractivity contribution in [1.29, 1.82) is 0 Å². The predicted molar refractivity (Wildman–Crippen MR) is 64.5 cm³/mol. The van der Waals surface area contributed by atoms with Crippen molar-refractivity contribution in [2.24, 2.45) is 5.92 Å². The Balaban J connectivity index is 6.11. The van der Waals surface area contributed by atoms with Gasteiger partial charge in [0, 0.05) is 19.3 Å². The van der Waals surface area contributed by atoms with Crippen LogP contribution in [0.15, 0.2) is 0 Å². The molecule has 0 aliphatic heterocycles. The third-order valence-electron chi connectivity index (χ3n) is 3.87. The maximum atomic E-state index is 13.7. The molecule has 1 nitrogen and oxygen atoms in total. The molecule has 0 aromatic carbocycles. The summed E-state index contributed by atoms with van der Waals surface area (Å²) in [5, 5.41) is 0. The second-order valence-electron chi connectivity index (χ2n) is 5.97. The molecule has 0 aromatic heterocycles. The fourth-order valence-electron chi connectivity index (χ4n) is 2.35. The molecule has 0 unspecified atom stereocenters. The molecule has 15 heteroatoms. The molecule has 0 N–H and O–H groups in total. The Labute approximate surface area is 148 Å². The summed E-state index contributed by atoms with van der Waals surface area (Å²) >= 11 is 0. The second-order valence-corrected chi connectivity index (χ2v) is 5.97. The van der Waals surface area contributed by atoms with Gasteiger partial charge in [-0.25, -0.2) is 8.78 Å². The standard InChI is InChI=1S/C13H12F14O/c14-8(10(16,17)18,11(19,20)21)5-7(3-1-2-4-28)6-9(15,12(22,23)24)13(25,26)27/h4,7H,1-3,5-6H2. The molecular weight excluding hydrogens is 438 g/mol. The molecule has 0 fully saturated rings. The van der Waals surface area contributed by atoms with Gasteiger partial charge in [-0.15, -0.1) is 0 Å². The van der Waals surface area contributed by atoms with Gasteiger partial charge in [0.1, 0.15) is 6.29 Å². The maximum absolute atomic E-state index is 13.7. The summed E-state index contributed by atoms with van der Waals surface area (Å²) in [7, 11) is 0. The van der Waals surface area contributed by atoms with Crippen LogP contribution in [0.1, 0.15) is 32.1 Å². The van der Waals surface area contributed by atoms with Crippen LogP contribution in [0.5, 0.6) is 0 Å². The van der Waals surface area contributed by atoms with Gasteiger partial charge in [0.25, 0.3) is 11.3 Å². The van der Waals surface area contributed by atoms with Crippen molar-refractivity contribution in [2.75, 3.05) is 0 Å². The van der Waals surface area contributed by atoms with E-state index in [1.54, 1.807) is 0 Å². The molecule has 168 valence electrons. The molecule has 0 saturated carbocycles. The number of rotatable bonds is 8. The van der Waals surface area contributed by atoms with Gasteiger partial charge in [0.05, 0.1) is 0 Å². The van der Waals surface area contributed by atoms with Crippen LogP contribution in [-0.4, -0.2) is 42.3 Å². The van der Waals surface area contributed by atoms with E-state index in [0.29, 0.717) is 0 Å². The zero-order valence-electron chi connectivity index (χ0n) is 13.4. The first-order chi connectivity index (χ1) is 12.1.